The molecular weight excluding hydrogens is 847 g/mol. The summed E-state index contributed by atoms with van der Waals surface area (Å²) in [6, 6.07) is 23.3. The van der Waals surface area contributed by atoms with E-state index in [-0.39, 0.29) is 133 Å². The molecule has 6 aromatic carbocycles. The molecule has 23 heteroatoms. The number of halogens is 1. The Kier molecular flexibility index (Phi) is 16.9. The van der Waals surface area contributed by atoms with Crippen LogP contribution in [-0.2, 0) is 20.2 Å². The predicted octanol–water partition coefficient (Wildman–Crippen LogP) is -2.00. The Morgan fingerprint density at radius 1 is 0.603 bits per heavy atom. The summed E-state index contributed by atoms with van der Waals surface area (Å²) in [5, 5.41) is 59.7. The smallest absolute Gasteiger partial charge is 0.872 e. The van der Waals surface area contributed by atoms with E-state index >= 15 is 0 Å². The molecule has 0 heterocycles. The minimum absolute atomic E-state index is 0. The van der Waals surface area contributed by atoms with E-state index in [9.17, 15) is 46.1 Å². The van der Waals surface area contributed by atoms with Crippen LogP contribution in [0.3, 0.4) is 0 Å². The third-order valence-electron chi connectivity index (χ3n) is 7.77. The van der Waals surface area contributed by atoms with Gasteiger partial charge in [-0.15, -0.1) is 15.3 Å². The molecule has 0 spiro atoms. The Morgan fingerprint density at radius 3 is 1.67 bits per heavy atom. The van der Waals surface area contributed by atoms with Crippen LogP contribution in [0.4, 0.5) is 39.8 Å². The second kappa shape index (κ2) is 20.1. The number of nitrogens with two attached hydrogens (primary N) is 1. The van der Waals surface area contributed by atoms with Crippen LogP contribution in [0.15, 0.2) is 144 Å². The summed E-state index contributed by atoms with van der Waals surface area (Å²) < 4.78 is 67.1. The number of hydrogen-bond acceptors (Lipinski definition) is 15. The Labute approximate surface area is 401 Å². The zero-order chi connectivity index (χ0) is 39.7. The van der Waals surface area contributed by atoms with Crippen molar-refractivity contribution in [3.63, 3.8) is 0 Å². The molecule has 6 rings (SSSR count). The largest absolute Gasteiger partial charge is 1.00 e. The number of nitrogens with zero attached hydrogens (tertiary/aromatic N) is 6. The van der Waals surface area contributed by atoms with Gasteiger partial charge in [0.25, 0.3) is 20.2 Å². The van der Waals surface area contributed by atoms with E-state index in [1.54, 1.807) is 48.5 Å². The number of anilines is 1. The van der Waals surface area contributed by atoms with Crippen molar-refractivity contribution in [3.8, 4) is 22.6 Å². The number of carboxylic acids is 1. The first-order valence-corrected chi connectivity index (χ1v) is 18.5. The van der Waals surface area contributed by atoms with Crippen molar-refractivity contribution in [2.45, 2.75) is 9.79 Å². The summed E-state index contributed by atoms with van der Waals surface area (Å²) >= 11 is 6.09. The number of aromatic carboxylic acids is 1. The molecule has 0 saturated heterocycles. The summed E-state index contributed by atoms with van der Waals surface area (Å²) in [5.41, 5.74) is 6.87. The van der Waals surface area contributed by atoms with Crippen LogP contribution < -0.4 is 110 Å². The zero-order valence-electron chi connectivity index (χ0n) is 30.4. The monoisotopic (exact) mass is 867 g/mol. The van der Waals surface area contributed by atoms with E-state index in [2.05, 4.69) is 30.7 Å². The average Bonchev–Trinajstić information content (AvgIpc) is 3.13. The Balaban J connectivity index is 0.00000300. The van der Waals surface area contributed by atoms with Crippen LogP contribution in [0, 0.1) is 0 Å². The predicted molar refractivity (Wildman–Crippen MR) is 194 cm³/mol. The SMILES string of the molecule is Nc1ccc2c([O-])c(N=Nc3ccc(-c4ccc(N=Nc5ccc([O-])c(C(=O)[O-])c5)cc4)cc3)c(S(=O)(=O)O)cc2c1N=Nc1ccc(S(=O)(=O)O)cc1Cl.[Na+].[Na+].[Na+]. The summed E-state index contributed by atoms with van der Waals surface area (Å²) in [5.74, 6) is -3.26. The fraction of sp³-hybridized carbons (Fsp3) is 0. The molecule has 0 aliphatic heterocycles. The van der Waals surface area contributed by atoms with Gasteiger partial charge in [0.1, 0.15) is 16.3 Å². The van der Waals surface area contributed by atoms with Gasteiger partial charge in [-0.25, -0.2) is 0 Å². The van der Waals surface area contributed by atoms with Gasteiger partial charge in [0, 0.05) is 5.39 Å². The molecule has 0 atom stereocenters. The maximum Gasteiger partial charge on any atom is 1.00 e. The third kappa shape index (κ3) is 11.3. The van der Waals surface area contributed by atoms with E-state index in [0.29, 0.717) is 5.69 Å². The van der Waals surface area contributed by atoms with E-state index in [1.807, 2.05) is 0 Å². The molecule has 4 N–H and O–H groups in total. The van der Waals surface area contributed by atoms with Gasteiger partial charge >= 0.3 is 88.7 Å². The number of carboxylic acid groups (broad SMARTS) is 1. The zero-order valence-corrected chi connectivity index (χ0v) is 38.8. The number of hydrogen-bond donors (Lipinski definition) is 3. The summed E-state index contributed by atoms with van der Waals surface area (Å²) in [7, 11) is -9.62. The molecule has 17 nitrogen and oxygen atoms in total. The van der Waals surface area contributed by atoms with Gasteiger partial charge in [0.2, 0.25) is 0 Å². The Hall–Kier alpha value is -3.64. The summed E-state index contributed by atoms with van der Waals surface area (Å²) in [6.45, 7) is 0. The molecule has 278 valence electrons. The third-order valence-corrected chi connectivity index (χ3v) is 9.79. The van der Waals surface area contributed by atoms with Crippen LogP contribution >= 0.6 is 11.6 Å². The second-order valence-corrected chi connectivity index (χ2v) is 14.6. The van der Waals surface area contributed by atoms with E-state index in [4.69, 9.17) is 17.3 Å². The Bertz CT molecular complexity index is 2850. The van der Waals surface area contributed by atoms with Crippen LogP contribution in [0.2, 0.25) is 5.02 Å². The van der Waals surface area contributed by atoms with Gasteiger partial charge in [-0.1, -0.05) is 59.5 Å². The number of carbonyl (C=O) groups is 1. The molecule has 0 aliphatic carbocycles. The van der Waals surface area contributed by atoms with Gasteiger partial charge in [0.05, 0.1) is 44.3 Å². The molecule has 0 radical (unpaired) electrons. The van der Waals surface area contributed by atoms with Crippen molar-refractivity contribution in [3.05, 3.63) is 114 Å². The topological polar surface area (TPSA) is 295 Å². The van der Waals surface area contributed by atoms with Gasteiger partial charge in [-0.2, -0.15) is 32.2 Å². The molecule has 0 bridgehead atoms. The number of carbonyl (C=O) groups excluding carboxylic acids is 1. The van der Waals surface area contributed by atoms with E-state index < -0.39 is 58.7 Å². The van der Waals surface area contributed by atoms with Crippen molar-refractivity contribution in [1.29, 1.82) is 0 Å². The number of azo groups is 3. The molecular formula is C35H21ClN7Na3O10S2. The van der Waals surface area contributed by atoms with Crippen LogP contribution in [0.5, 0.6) is 11.5 Å². The van der Waals surface area contributed by atoms with Crippen LogP contribution in [0.1, 0.15) is 10.4 Å². The molecule has 0 fully saturated rings. The fourth-order valence-corrected chi connectivity index (χ4v) is 6.48. The van der Waals surface area contributed by atoms with Crippen molar-refractivity contribution in [2.24, 2.45) is 30.7 Å². The first-order chi connectivity index (χ1) is 26.0. The van der Waals surface area contributed by atoms with E-state index in [1.165, 1.54) is 18.2 Å². The molecule has 0 unspecified atom stereocenters. The first-order valence-electron chi connectivity index (χ1n) is 15.3. The first kappa shape index (κ1) is 48.7. The molecule has 0 saturated carbocycles. The summed E-state index contributed by atoms with van der Waals surface area (Å²) in [4.78, 5) is 9.71. The summed E-state index contributed by atoms with van der Waals surface area (Å²) in [6.07, 6.45) is 0. The molecule has 0 aromatic heterocycles. The molecule has 0 amide bonds. The number of benzene rings is 6. The van der Waals surface area contributed by atoms with Crippen molar-refractivity contribution < 1.29 is 135 Å². The van der Waals surface area contributed by atoms with Crippen molar-refractivity contribution in [1.82, 2.24) is 0 Å². The maximum atomic E-state index is 13.6. The normalized spacial score (nSPS) is 11.7. The van der Waals surface area contributed by atoms with E-state index in [0.717, 1.165) is 47.5 Å². The fourth-order valence-electron chi connectivity index (χ4n) is 5.05. The van der Waals surface area contributed by atoms with Crippen molar-refractivity contribution >= 4 is 88.4 Å². The average molecular weight is 868 g/mol. The van der Waals surface area contributed by atoms with Gasteiger partial charge in [0.15, 0.2) is 0 Å². The minimum Gasteiger partial charge on any atom is -0.872 e. The second-order valence-electron chi connectivity index (χ2n) is 11.4. The number of nitrogen functional groups attached to an aromatic ring is 1. The number of fused-ring (bicyclic) bond motifs is 1. The van der Waals surface area contributed by atoms with Crippen LogP contribution in [0.25, 0.3) is 21.9 Å². The van der Waals surface area contributed by atoms with Crippen molar-refractivity contribution in [2.75, 3.05) is 5.73 Å². The van der Waals surface area contributed by atoms with Crippen LogP contribution in [-0.4, -0.2) is 31.9 Å². The Morgan fingerprint density at radius 2 is 1.14 bits per heavy atom. The quantitative estimate of drug-likeness (QED) is 0.0586. The standard InChI is InChI=1S/C35H24ClN7O10S2.3Na/c36-27-16-23(54(48,49)50)10-13-29(27)41-42-32-25-17-31(55(51,52)53)33(34(45)24(25)11-12-28(32)37)43-39-21-7-3-19(4-8-21)18-1-5-20(6-2-18)38-40-22-9-14-30(44)26(15-22)35(46)47;;;/h1-17,44-45H,37H2,(H,46,47)(H,48,49,50)(H,51,52,53);;;/q;3*+1/p-3. The van der Waals surface area contributed by atoms with Gasteiger partial charge < -0.3 is 25.8 Å². The van der Waals surface area contributed by atoms with Gasteiger partial charge in [-0.05, 0) is 88.8 Å². The number of rotatable bonds is 10. The molecule has 0 aliphatic rings. The molecule has 58 heavy (non-hydrogen) atoms. The minimum atomic E-state index is -5.07. The molecule has 6 aromatic rings. The maximum absolute atomic E-state index is 13.6. The van der Waals surface area contributed by atoms with Gasteiger partial charge in [-0.3, -0.25) is 9.11 Å².